The van der Waals surface area contributed by atoms with Gasteiger partial charge in [0.05, 0.1) is 28.2 Å². The zero-order valence-corrected chi connectivity index (χ0v) is 23.0. The predicted octanol–water partition coefficient (Wildman–Crippen LogP) is 0.943. The highest BCUT2D eigenvalue weighted by molar-refractivity contribution is 6.58. The van der Waals surface area contributed by atoms with Gasteiger partial charge in [0.2, 0.25) is 5.91 Å². The SMILES string of the molecule is BC(B)(B)OC1(c2cc3c(N[C@H](C)c4cccc(C(F)F)c4F)ncnc3n(C)c2=O)CCN(C(C)=O)CC1. The number of aromatic nitrogens is 3. The van der Waals surface area contributed by atoms with E-state index in [-0.39, 0.29) is 17.0 Å². The molecule has 1 amide bonds. The molecule has 2 aromatic heterocycles. The molecular formula is C25H31B3F3N5O3. The smallest absolute Gasteiger partial charge is 0.266 e. The molecule has 0 bridgehead atoms. The number of alkyl halides is 2. The number of aryl methyl sites for hydroxylation is 1. The molecule has 3 aromatic rings. The molecule has 0 unspecified atom stereocenters. The van der Waals surface area contributed by atoms with Crippen LogP contribution in [0.15, 0.2) is 35.4 Å². The van der Waals surface area contributed by atoms with E-state index in [9.17, 15) is 22.8 Å². The number of hydrogen-bond acceptors (Lipinski definition) is 6. The Morgan fingerprint density at radius 1 is 1.18 bits per heavy atom. The fourth-order valence-electron chi connectivity index (χ4n) is 5.26. The summed E-state index contributed by atoms with van der Waals surface area (Å²) in [5.41, 5.74) is -1.10. The number of hydrogen-bond donors (Lipinski definition) is 1. The van der Waals surface area contributed by atoms with E-state index >= 15 is 0 Å². The molecule has 0 saturated carbocycles. The minimum absolute atomic E-state index is 0.0391. The number of benzene rings is 1. The molecule has 1 atom stereocenters. The molecule has 0 spiro atoms. The summed E-state index contributed by atoms with van der Waals surface area (Å²) in [5.74, 6) is -0.699. The molecule has 39 heavy (non-hydrogen) atoms. The number of fused-ring (bicyclic) bond motifs is 1. The Morgan fingerprint density at radius 2 is 1.82 bits per heavy atom. The summed E-state index contributed by atoms with van der Waals surface area (Å²) in [5, 5.41) is 3.03. The van der Waals surface area contributed by atoms with Gasteiger partial charge in [0.25, 0.3) is 12.0 Å². The van der Waals surface area contributed by atoms with E-state index in [0.29, 0.717) is 48.3 Å². The van der Waals surface area contributed by atoms with Crippen molar-refractivity contribution in [1.29, 1.82) is 0 Å². The molecule has 1 aliphatic rings. The summed E-state index contributed by atoms with van der Waals surface area (Å²) in [7, 11) is 7.35. The van der Waals surface area contributed by atoms with Crippen LogP contribution in [0.1, 0.15) is 55.8 Å². The summed E-state index contributed by atoms with van der Waals surface area (Å²) in [6.45, 7) is 4.02. The fourth-order valence-corrected chi connectivity index (χ4v) is 5.26. The first-order valence-electron chi connectivity index (χ1n) is 12.9. The normalized spacial score (nSPS) is 16.4. The second-order valence-corrected chi connectivity index (χ2v) is 11.0. The zero-order chi connectivity index (χ0) is 28.7. The number of halogens is 3. The van der Waals surface area contributed by atoms with Crippen molar-refractivity contribution in [1.82, 2.24) is 19.4 Å². The summed E-state index contributed by atoms with van der Waals surface area (Å²) in [6.07, 6.45) is -0.816. The number of likely N-dealkylation sites (tertiary alicyclic amines) is 1. The minimum atomic E-state index is -2.94. The fraction of sp³-hybridized carbons (Fsp3) is 0.440. The third-order valence-corrected chi connectivity index (χ3v) is 7.13. The third kappa shape index (κ3) is 5.71. The highest BCUT2D eigenvalue weighted by Crippen LogP contribution is 2.39. The molecule has 1 fully saturated rings. The summed E-state index contributed by atoms with van der Waals surface area (Å²) >= 11 is 0. The monoisotopic (exact) mass is 539 g/mol. The second kappa shape index (κ2) is 10.7. The third-order valence-electron chi connectivity index (χ3n) is 7.13. The van der Waals surface area contributed by atoms with Gasteiger partial charge < -0.3 is 15.0 Å². The van der Waals surface area contributed by atoms with Gasteiger partial charge >= 0.3 is 0 Å². The van der Waals surface area contributed by atoms with Gasteiger partial charge in [0, 0.05) is 32.6 Å². The number of rotatable bonds is 7. The van der Waals surface area contributed by atoms with Gasteiger partial charge in [0.15, 0.2) is 0 Å². The van der Waals surface area contributed by atoms with Gasteiger partial charge in [-0.2, -0.15) is 0 Å². The number of anilines is 1. The Morgan fingerprint density at radius 3 is 2.41 bits per heavy atom. The van der Waals surface area contributed by atoms with Gasteiger partial charge in [0.1, 0.15) is 47.1 Å². The first kappa shape index (κ1) is 28.7. The predicted molar refractivity (Wildman–Crippen MR) is 151 cm³/mol. The van der Waals surface area contributed by atoms with E-state index < -0.39 is 34.7 Å². The number of carbonyl (C=O) groups is 1. The number of ether oxygens (including phenoxy) is 1. The summed E-state index contributed by atoms with van der Waals surface area (Å²) < 4.78 is 49.4. The largest absolute Gasteiger partial charge is 0.389 e. The van der Waals surface area contributed by atoms with Crippen LogP contribution in [0.25, 0.3) is 11.0 Å². The van der Waals surface area contributed by atoms with Crippen molar-refractivity contribution in [2.45, 2.75) is 50.1 Å². The number of nitrogens with one attached hydrogen (secondary N) is 1. The summed E-state index contributed by atoms with van der Waals surface area (Å²) in [4.78, 5) is 36.1. The Hall–Kier alpha value is -3.28. The molecule has 0 aliphatic carbocycles. The van der Waals surface area contributed by atoms with Crippen LogP contribution in [0, 0.1) is 5.82 Å². The number of pyridine rings is 1. The lowest BCUT2D eigenvalue weighted by Crippen LogP contribution is -2.53. The summed E-state index contributed by atoms with van der Waals surface area (Å²) in [6, 6.07) is 4.87. The molecule has 8 nitrogen and oxygen atoms in total. The van der Waals surface area contributed by atoms with Crippen LogP contribution in [-0.2, 0) is 22.2 Å². The van der Waals surface area contributed by atoms with Crippen molar-refractivity contribution in [3.63, 3.8) is 0 Å². The van der Waals surface area contributed by atoms with Crippen molar-refractivity contribution in [3.8, 4) is 0 Å². The molecule has 1 N–H and O–H groups in total. The average Bonchev–Trinajstić information content (AvgIpc) is 2.85. The Bertz CT molecular complexity index is 1460. The van der Waals surface area contributed by atoms with Gasteiger partial charge in [-0.15, -0.1) is 0 Å². The van der Waals surface area contributed by atoms with Crippen molar-refractivity contribution in [2.75, 3.05) is 18.4 Å². The highest BCUT2D eigenvalue weighted by atomic mass is 19.3. The Kier molecular flexibility index (Phi) is 7.89. The van der Waals surface area contributed by atoms with Gasteiger partial charge in [-0.3, -0.25) is 14.2 Å². The van der Waals surface area contributed by atoms with Crippen LogP contribution in [0.5, 0.6) is 0 Å². The zero-order valence-electron chi connectivity index (χ0n) is 23.0. The Balaban J connectivity index is 1.82. The van der Waals surface area contributed by atoms with E-state index in [1.807, 2.05) is 23.5 Å². The maximum absolute atomic E-state index is 14.9. The second-order valence-electron chi connectivity index (χ2n) is 11.0. The Labute approximate surface area is 227 Å². The maximum Gasteiger partial charge on any atom is 0.266 e. The average molecular weight is 539 g/mol. The van der Waals surface area contributed by atoms with Crippen LogP contribution < -0.4 is 10.9 Å². The van der Waals surface area contributed by atoms with Gasteiger partial charge in [-0.05, 0) is 31.1 Å². The molecule has 1 aromatic carbocycles. The van der Waals surface area contributed by atoms with Crippen LogP contribution in [-0.4, -0.2) is 67.3 Å². The molecule has 14 heteroatoms. The lowest BCUT2D eigenvalue weighted by Gasteiger charge is -2.45. The molecule has 4 rings (SSSR count). The topological polar surface area (TPSA) is 89.3 Å². The first-order valence-corrected chi connectivity index (χ1v) is 12.9. The number of nitrogens with zero attached hydrogens (tertiary/aromatic N) is 4. The van der Waals surface area contributed by atoms with E-state index in [2.05, 4.69) is 15.3 Å². The van der Waals surface area contributed by atoms with Crippen LogP contribution in [0.4, 0.5) is 19.0 Å². The molecule has 204 valence electrons. The number of amides is 1. The van der Waals surface area contributed by atoms with E-state index in [1.165, 1.54) is 30.0 Å². The quantitative estimate of drug-likeness (QED) is 0.451. The number of carbonyl (C=O) groups excluding carboxylic acids is 1. The molecule has 1 aliphatic heterocycles. The van der Waals surface area contributed by atoms with E-state index in [4.69, 9.17) is 4.74 Å². The van der Waals surface area contributed by atoms with Crippen LogP contribution >= 0.6 is 0 Å². The first-order chi connectivity index (χ1) is 18.2. The molecular weight excluding hydrogens is 508 g/mol. The lowest BCUT2D eigenvalue weighted by molar-refractivity contribution is -0.138. The molecule has 1 saturated heterocycles. The van der Waals surface area contributed by atoms with Crippen LogP contribution in [0.2, 0.25) is 0 Å². The molecule has 3 heterocycles. The minimum Gasteiger partial charge on any atom is -0.389 e. The molecule has 0 radical (unpaired) electrons. The number of piperidine rings is 1. The van der Waals surface area contributed by atoms with Crippen molar-refractivity contribution in [3.05, 3.63) is 63.5 Å². The standard InChI is InChI=1S/C25H31B3F3N5O3/c1-13(15-5-4-6-16(19(15)29)20(30)31)34-21-17-11-18(23(38)35(3)22(17)33-12-32-21)24(39-25(26,27)28)7-9-36(10-8-24)14(2)37/h4-6,11-13,20H,7-10,26-28H2,1-3H3,(H,32,33,34)/t13-/m1/s1. The lowest BCUT2D eigenvalue weighted by atomic mass is 9.52. The van der Waals surface area contributed by atoms with E-state index in [0.717, 1.165) is 6.07 Å². The van der Waals surface area contributed by atoms with Gasteiger partial charge in [-0.1, -0.05) is 18.2 Å². The van der Waals surface area contributed by atoms with E-state index in [1.54, 1.807) is 24.9 Å². The highest BCUT2D eigenvalue weighted by Gasteiger charge is 2.43. The van der Waals surface area contributed by atoms with Crippen LogP contribution in [0.3, 0.4) is 0 Å². The van der Waals surface area contributed by atoms with Gasteiger partial charge in [-0.25, -0.2) is 23.1 Å². The van der Waals surface area contributed by atoms with Crippen molar-refractivity contribution in [2.24, 2.45) is 7.05 Å². The van der Waals surface area contributed by atoms with Crippen molar-refractivity contribution >= 4 is 46.3 Å². The van der Waals surface area contributed by atoms with Crippen molar-refractivity contribution < 1.29 is 22.7 Å². The maximum atomic E-state index is 14.9.